The number of carbonyl (C=O) groups is 2. The number of thioether (sulfide) groups is 1. The Morgan fingerprint density at radius 2 is 1.62 bits per heavy atom. The van der Waals surface area contributed by atoms with Crippen LogP contribution in [0.2, 0.25) is 10.0 Å². The van der Waals surface area contributed by atoms with Crippen molar-refractivity contribution >= 4 is 79.8 Å². The topological polar surface area (TPSA) is 62.3 Å². The number of rotatable bonds is 8. The van der Waals surface area contributed by atoms with Crippen LogP contribution in [-0.4, -0.2) is 26.0 Å². The van der Waals surface area contributed by atoms with Crippen LogP contribution in [0.3, 0.4) is 0 Å². The van der Waals surface area contributed by atoms with Crippen LogP contribution < -0.4 is 5.32 Å². The summed E-state index contributed by atoms with van der Waals surface area (Å²) in [6.07, 6.45) is 2.60. The van der Waals surface area contributed by atoms with Gasteiger partial charge in [-0.1, -0.05) is 114 Å². The molecule has 1 aliphatic rings. The first kappa shape index (κ1) is 27.6. The Hall–Kier alpha value is -3.01. The zero-order valence-corrected chi connectivity index (χ0v) is 24.4. The number of hydrogen-bond donors (Lipinski definition) is 1. The summed E-state index contributed by atoms with van der Waals surface area (Å²) in [5.41, 5.74) is 3.21. The van der Waals surface area contributed by atoms with Gasteiger partial charge in [0.1, 0.15) is 4.32 Å². The molecule has 39 heavy (non-hydrogen) atoms. The molecule has 5 rings (SSSR count). The van der Waals surface area contributed by atoms with E-state index in [1.54, 1.807) is 17.2 Å². The van der Waals surface area contributed by atoms with Crippen LogP contribution in [0.4, 0.5) is 5.13 Å². The van der Waals surface area contributed by atoms with Crippen molar-refractivity contribution < 1.29 is 9.59 Å². The number of hydrogen-bond acceptors (Lipinski definition) is 6. The van der Waals surface area contributed by atoms with Gasteiger partial charge in [0.15, 0.2) is 5.13 Å². The molecule has 0 saturated carbocycles. The molecule has 4 aromatic rings. The Morgan fingerprint density at radius 1 is 0.923 bits per heavy atom. The maximum atomic E-state index is 13.6. The van der Waals surface area contributed by atoms with E-state index in [0.717, 1.165) is 33.3 Å². The minimum Gasteiger partial charge on any atom is -0.298 e. The first-order chi connectivity index (χ1) is 18.9. The fourth-order valence-corrected chi connectivity index (χ4v) is 6.50. The highest BCUT2D eigenvalue weighted by molar-refractivity contribution is 8.26. The van der Waals surface area contributed by atoms with Gasteiger partial charge in [0.05, 0.1) is 21.5 Å². The predicted molar refractivity (Wildman–Crippen MR) is 164 cm³/mol. The molecule has 3 aromatic carbocycles. The number of amides is 2. The maximum Gasteiger partial charge on any atom is 0.266 e. The summed E-state index contributed by atoms with van der Waals surface area (Å²) in [5.74, 6) is -0.649. The van der Waals surface area contributed by atoms with Crippen molar-refractivity contribution in [1.82, 2.24) is 9.88 Å². The molecule has 1 fully saturated rings. The Labute approximate surface area is 249 Å². The predicted octanol–water partition coefficient (Wildman–Crippen LogP) is 7.54. The lowest BCUT2D eigenvalue weighted by Crippen LogP contribution is -2.28. The van der Waals surface area contributed by atoms with Gasteiger partial charge in [-0.25, -0.2) is 4.98 Å². The summed E-state index contributed by atoms with van der Waals surface area (Å²) in [4.78, 5) is 34.3. The Kier molecular flexibility index (Phi) is 8.79. The van der Waals surface area contributed by atoms with E-state index in [-0.39, 0.29) is 18.2 Å². The third-order valence-electron chi connectivity index (χ3n) is 5.94. The van der Waals surface area contributed by atoms with Gasteiger partial charge in [0.2, 0.25) is 0 Å². The van der Waals surface area contributed by atoms with Gasteiger partial charge in [0.25, 0.3) is 11.8 Å². The lowest BCUT2D eigenvalue weighted by molar-refractivity contribution is -0.123. The monoisotopic (exact) mass is 609 g/mol. The minimum absolute atomic E-state index is 0.269. The molecule has 5 nitrogen and oxygen atoms in total. The number of carbonyl (C=O) groups excluding carboxylic acids is 2. The van der Waals surface area contributed by atoms with E-state index in [1.165, 1.54) is 11.3 Å². The summed E-state index contributed by atoms with van der Waals surface area (Å²) in [5, 5.41) is 4.33. The second-order valence-corrected chi connectivity index (χ2v) is 12.3. The van der Waals surface area contributed by atoms with Crippen molar-refractivity contribution in [2.24, 2.45) is 0 Å². The average molecular weight is 611 g/mol. The molecular weight excluding hydrogens is 589 g/mol. The van der Waals surface area contributed by atoms with E-state index >= 15 is 0 Å². The number of aromatic nitrogens is 1. The van der Waals surface area contributed by atoms with Crippen molar-refractivity contribution in [1.29, 1.82) is 0 Å². The SMILES string of the molecule is O=C(Nc1ncc(Cc2ccc(Cl)c(Cl)c2)s1)/C(Cc1ccccc1)=C1/SC(=S)N(Cc2ccccc2)C1=O. The zero-order chi connectivity index (χ0) is 27.4. The molecule has 0 spiro atoms. The van der Waals surface area contributed by atoms with Crippen molar-refractivity contribution in [2.45, 2.75) is 19.4 Å². The molecule has 1 N–H and O–H groups in total. The molecule has 2 heterocycles. The highest BCUT2D eigenvalue weighted by atomic mass is 35.5. The number of thiazole rings is 1. The Bertz CT molecular complexity index is 1570. The third kappa shape index (κ3) is 6.77. The van der Waals surface area contributed by atoms with Crippen molar-refractivity contribution in [3.63, 3.8) is 0 Å². The van der Waals surface area contributed by atoms with Gasteiger partial charge in [0, 0.05) is 29.5 Å². The smallest absolute Gasteiger partial charge is 0.266 e. The fourth-order valence-electron chi connectivity index (χ4n) is 4.02. The molecule has 1 aliphatic heterocycles. The van der Waals surface area contributed by atoms with Crippen molar-refractivity contribution in [3.05, 3.63) is 127 Å². The second-order valence-electron chi connectivity index (χ2n) is 8.73. The van der Waals surface area contributed by atoms with E-state index in [1.807, 2.05) is 72.8 Å². The van der Waals surface area contributed by atoms with Gasteiger partial charge in [-0.2, -0.15) is 0 Å². The normalized spacial score (nSPS) is 14.6. The molecule has 0 bridgehead atoms. The summed E-state index contributed by atoms with van der Waals surface area (Å²) < 4.78 is 0.426. The molecule has 0 aliphatic carbocycles. The summed E-state index contributed by atoms with van der Waals surface area (Å²) in [7, 11) is 0. The third-order valence-corrected chi connectivity index (χ3v) is 9.08. The van der Waals surface area contributed by atoms with Crippen molar-refractivity contribution in [2.75, 3.05) is 5.32 Å². The molecule has 1 saturated heterocycles. The van der Waals surface area contributed by atoms with Crippen molar-refractivity contribution in [3.8, 4) is 0 Å². The summed E-state index contributed by atoms with van der Waals surface area (Å²) in [6.45, 7) is 0.347. The molecule has 1 aromatic heterocycles. The summed E-state index contributed by atoms with van der Waals surface area (Å²) >= 11 is 20.3. The molecule has 0 atom stereocenters. The first-order valence-electron chi connectivity index (χ1n) is 11.9. The number of halogens is 2. The largest absolute Gasteiger partial charge is 0.298 e. The van der Waals surface area contributed by atoms with E-state index in [0.29, 0.717) is 42.9 Å². The standard InChI is InChI=1S/C29H21Cl2N3O2S3/c30-23-12-11-20(15-24(23)31)13-21-16-32-28(38-21)33-26(35)22(14-18-7-3-1-4-8-18)25-27(36)34(29(37)39-25)17-19-9-5-2-6-10-19/h1-12,15-16H,13-14,17H2,(H,32,33,35)/b25-22+. The lowest BCUT2D eigenvalue weighted by atomic mass is 10.0. The number of nitrogens with one attached hydrogen (secondary N) is 1. The molecule has 0 unspecified atom stereocenters. The van der Waals surface area contributed by atoms with Crippen LogP contribution in [0.5, 0.6) is 0 Å². The minimum atomic E-state index is -0.380. The van der Waals surface area contributed by atoms with Crippen LogP contribution in [0.25, 0.3) is 0 Å². The van der Waals surface area contributed by atoms with Crippen LogP contribution >= 0.6 is 58.5 Å². The lowest BCUT2D eigenvalue weighted by Gasteiger charge is -2.15. The van der Waals surface area contributed by atoms with Crippen LogP contribution in [0.15, 0.2) is 95.5 Å². The molecule has 0 radical (unpaired) electrons. The van der Waals surface area contributed by atoms with Gasteiger partial charge in [-0.3, -0.25) is 19.8 Å². The number of nitrogens with zero attached hydrogens (tertiary/aromatic N) is 2. The quantitative estimate of drug-likeness (QED) is 0.165. The summed E-state index contributed by atoms with van der Waals surface area (Å²) in [6, 6.07) is 24.7. The van der Waals surface area contributed by atoms with Gasteiger partial charge >= 0.3 is 0 Å². The number of benzene rings is 3. The Balaban J connectivity index is 1.38. The van der Waals surface area contributed by atoms with E-state index in [9.17, 15) is 9.59 Å². The second kappa shape index (κ2) is 12.4. The number of thiocarbonyl (C=S) groups is 1. The van der Waals surface area contributed by atoms with E-state index in [2.05, 4.69) is 10.3 Å². The molecule has 10 heteroatoms. The highest BCUT2D eigenvalue weighted by Gasteiger charge is 2.36. The maximum absolute atomic E-state index is 13.6. The highest BCUT2D eigenvalue weighted by Crippen LogP contribution is 2.36. The van der Waals surface area contributed by atoms with Gasteiger partial charge < -0.3 is 0 Å². The van der Waals surface area contributed by atoms with Crippen LogP contribution in [-0.2, 0) is 29.0 Å². The molecule has 2 amide bonds. The molecule has 196 valence electrons. The average Bonchev–Trinajstić information content (AvgIpc) is 3.49. The van der Waals surface area contributed by atoms with Crippen LogP contribution in [0, 0.1) is 0 Å². The van der Waals surface area contributed by atoms with E-state index in [4.69, 9.17) is 35.4 Å². The molecular formula is C29H21Cl2N3O2S3. The van der Waals surface area contributed by atoms with Gasteiger partial charge in [-0.15, -0.1) is 11.3 Å². The number of anilines is 1. The van der Waals surface area contributed by atoms with Gasteiger partial charge in [-0.05, 0) is 28.8 Å². The first-order valence-corrected chi connectivity index (χ1v) is 14.7. The Morgan fingerprint density at radius 3 is 2.31 bits per heavy atom. The fraction of sp³-hybridized carbons (Fsp3) is 0.103. The van der Waals surface area contributed by atoms with Crippen LogP contribution in [0.1, 0.15) is 21.6 Å². The zero-order valence-electron chi connectivity index (χ0n) is 20.4. The van der Waals surface area contributed by atoms with E-state index < -0.39 is 0 Å².